The number of hydrogen-bond donors (Lipinski definition) is 1. The number of thioether (sulfide) groups is 1. The van der Waals surface area contributed by atoms with Crippen molar-refractivity contribution in [2.24, 2.45) is 5.92 Å². The fraction of sp³-hybridized carbons (Fsp3) is 0.538. The summed E-state index contributed by atoms with van der Waals surface area (Å²) >= 11 is 1.77. The Kier molecular flexibility index (Phi) is 4.68. The summed E-state index contributed by atoms with van der Waals surface area (Å²) in [6, 6.07) is 6.48. The summed E-state index contributed by atoms with van der Waals surface area (Å²) in [7, 11) is 0. The van der Waals surface area contributed by atoms with Crippen LogP contribution in [-0.2, 0) is 0 Å². The van der Waals surface area contributed by atoms with Gasteiger partial charge in [0.1, 0.15) is 0 Å². The molecule has 0 saturated heterocycles. The molecule has 0 aromatic heterocycles. The van der Waals surface area contributed by atoms with E-state index in [9.17, 15) is 5.11 Å². The first-order chi connectivity index (χ1) is 7.04. The zero-order chi connectivity index (χ0) is 11.4. The second-order valence-electron chi connectivity index (χ2n) is 4.33. The van der Waals surface area contributed by atoms with Gasteiger partial charge in [-0.3, -0.25) is 0 Å². The largest absolute Gasteiger partial charge is 0.395 e. The average Bonchev–Trinajstić information content (AvgIpc) is 2.19. The van der Waals surface area contributed by atoms with E-state index in [1.54, 1.807) is 11.8 Å². The van der Waals surface area contributed by atoms with Crippen molar-refractivity contribution in [1.29, 1.82) is 0 Å². The number of benzene rings is 1. The summed E-state index contributed by atoms with van der Waals surface area (Å²) in [6.45, 7) is 8.79. The maximum absolute atomic E-state index is 9.26. The molecule has 0 spiro atoms. The Balaban J connectivity index is 2.75. The molecule has 1 atom stereocenters. The lowest BCUT2D eigenvalue weighted by atomic mass is 10.1. The SMILES string of the molecule is Cc1ccc(SC(CO)C(C)C)cc1C. The van der Waals surface area contributed by atoms with Gasteiger partial charge < -0.3 is 5.11 Å². The van der Waals surface area contributed by atoms with Crippen LogP contribution in [0.5, 0.6) is 0 Å². The minimum atomic E-state index is 0.245. The van der Waals surface area contributed by atoms with E-state index in [4.69, 9.17) is 0 Å². The summed E-state index contributed by atoms with van der Waals surface area (Å²) < 4.78 is 0. The second kappa shape index (κ2) is 5.57. The molecule has 1 unspecified atom stereocenters. The molecule has 0 amide bonds. The van der Waals surface area contributed by atoms with Crippen LogP contribution in [0.1, 0.15) is 25.0 Å². The van der Waals surface area contributed by atoms with Gasteiger partial charge in [0.25, 0.3) is 0 Å². The molecule has 0 aliphatic rings. The van der Waals surface area contributed by atoms with E-state index in [-0.39, 0.29) is 6.61 Å². The van der Waals surface area contributed by atoms with Gasteiger partial charge >= 0.3 is 0 Å². The highest BCUT2D eigenvalue weighted by Gasteiger charge is 2.13. The van der Waals surface area contributed by atoms with E-state index in [0.717, 1.165) is 0 Å². The standard InChI is InChI=1S/C13H20OS/c1-9(2)13(8-14)15-12-6-5-10(3)11(4)7-12/h5-7,9,13-14H,8H2,1-4H3. The van der Waals surface area contributed by atoms with E-state index in [0.29, 0.717) is 11.2 Å². The lowest BCUT2D eigenvalue weighted by Gasteiger charge is -2.18. The first-order valence-electron chi connectivity index (χ1n) is 5.39. The van der Waals surface area contributed by atoms with Crippen molar-refractivity contribution in [3.8, 4) is 0 Å². The van der Waals surface area contributed by atoms with Gasteiger partial charge in [0, 0.05) is 10.1 Å². The van der Waals surface area contributed by atoms with Crippen LogP contribution in [0.25, 0.3) is 0 Å². The third kappa shape index (κ3) is 3.54. The van der Waals surface area contributed by atoms with Crippen LogP contribution in [0.4, 0.5) is 0 Å². The Morgan fingerprint density at radius 1 is 1.20 bits per heavy atom. The van der Waals surface area contributed by atoms with Gasteiger partial charge in [-0.2, -0.15) is 0 Å². The highest BCUT2D eigenvalue weighted by Crippen LogP contribution is 2.29. The Morgan fingerprint density at radius 2 is 1.87 bits per heavy atom. The summed E-state index contributed by atoms with van der Waals surface area (Å²) in [4.78, 5) is 1.26. The fourth-order valence-corrected chi connectivity index (χ4v) is 2.43. The number of aryl methyl sites for hydroxylation is 2. The van der Waals surface area contributed by atoms with Crippen molar-refractivity contribution < 1.29 is 5.11 Å². The minimum absolute atomic E-state index is 0.245. The fourth-order valence-electron chi connectivity index (χ4n) is 1.35. The second-order valence-corrected chi connectivity index (χ2v) is 5.64. The van der Waals surface area contributed by atoms with Crippen LogP contribution in [0, 0.1) is 19.8 Å². The Morgan fingerprint density at radius 3 is 2.33 bits per heavy atom. The van der Waals surface area contributed by atoms with Gasteiger partial charge in [0.15, 0.2) is 0 Å². The van der Waals surface area contributed by atoms with Crippen LogP contribution in [0.2, 0.25) is 0 Å². The lowest BCUT2D eigenvalue weighted by molar-refractivity contribution is 0.275. The van der Waals surface area contributed by atoms with E-state index in [1.165, 1.54) is 16.0 Å². The molecule has 0 heterocycles. The Bertz CT molecular complexity index is 320. The number of hydrogen-bond acceptors (Lipinski definition) is 2. The van der Waals surface area contributed by atoms with Crippen LogP contribution < -0.4 is 0 Å². The molecule has 0 aliphatic heterocycles. The summed E-state index contributed by atoms with van der Waals surface area (Å²) in [6.07, 6.45) is 0. The van der Waals surface area contributed by atoms with Crippen molar-refractivity contribution in [3.05, 3.63) is 29.3 Å². The molecule has 0 radical (unpaired) electrons. The molecule has 0 aliphatic carbocycles. The summed E-state index contributed by atoms with van der Waals surface area (Å²) in [5.41, 5.74) is 2.64. The third-order valence-corrected chi connectivity index (χ3v) is 4.21. The van der Waals surface area contributed by atoms with Gasteiger partial charge in [-0.15, -0.1) is 11.8 Å². The zero-order valence-corrected chi connectivity index (χ0v) is 10.8. The van der Waals surface area contributed by atoms with E-state index in [1.807, 2.05) is 0 Å². The maximum atomic E-state index is 9.26. The van der Waals surface area contributed by atoms with Gasteiger partial charge in [0.05, 0.1) is 6.61 Å². The third-order valence-electron chi connectivity index (χ3n) is 2.69. The minimum Gasteiger partial charge on any atom is -0.395 e. The molecule has 2 heteroatoms. The molecule has 15 heavy (non-hydrogen) atoms. The molecule has 0 bridgehead atoms. The van der Waals surface area contributed by atoms with Crippen molar-refractivity contribution in [2.45, 2.75) is 37.8 Å². The predicted octanol–water partition coefficient (Wildman–Crippen LogP) is 3.41. The maximum Gasteiger partial charge on any atom is 0.0556 e. The lowest BCUT2D eigenvalue weighted by Crippen LogP contribution is -2.15. The summed E-state index contributed by atoms with van der Waals surface area (Å²) in [5.74, 6) is 0.501. The Labute approximate surface area is 96.9 Å². The molecule has 84 valence electrons. The topological polar surface area (TPSA) is 20.2 Å². The number of aliphatic hydroxyl groups is 1. The predicted molar refractivity (Wildman–Crippen MR) is 67.5 cm³/mol. The molecule has 0 saturated carbocycles. The molecule has 1 aromatic carbocycles. The first kappa shape index (κ1) is 12.6. The summed E-state index contributed by atoms with van der Waals surface area (Å²) in [5, 5.41) is 9.56. The quantitative estimate of drug-likeness (QED) is 0.791. The van der Waals surface area contributed by atoms with Crippen LogP contribution in [-0.4, -0.2) is 17.0 Å². The normalized spacial score (nSPS) is 13.2. The highest BCUT2D eigenvalue weighted by atomic mass is 32.2. The van der Waals surface area contributed by atoms with Crippen molar-refractivity contribution >= 4 is 11.8 Å². The van der Waals surface area contributed by atoms with E-state index in [2.05, 4.69) is 45.9 Å². The molecule has 1 nitrogen and oxygen atoms in total. The smallest absolute Gasteiger partial charge is 0.0556 e. The van der Waals surface area contributed by atoms with Crippen molar-refractivity contribution in [3.63, 3.8) is 0 Å². The van der Waals surface area contributed by atoms with Crippen LogP contribution in [0.3, 0.4) is 0 Å². The van der Waals surface area contributed by atoms with Gasteiger partial charge in [-0.05, 0) is 43.0 Å². The Hall–Kier alpha value is -0.470. The van der Waals surface area contributed by atoms with Crippen molar-refractivity contribution in [1.82, 2.24) is 0 Å². The van der Waals surface area contributed by atoms with E-state index >= 15 is 0 Å². The van der Waals surface area contributed by atoms with Gasteiger partial charge in [-0.1, -0.05) is 19.9 Å². The van der Waals surface area contributed by atoms with Crippen LogP contribution in [0.15, 0.2) is 23.1 Å². The zero-order valence-electron chi connectivity index (χ0n) is 9.95. The molecule has 1 aromatic rings. The monoisotopic (exact) mass is 224 g/mol. The molecular formula is C13H20OS. The number of rotatable bonds is 4. The molecule has 1 N–H and O–H groups in total. The first-order valence-corrected chi connectivity index (χ1v) is 6.27. The average molecular weight is 224 g/mol. The molecule has 0 fully saturated rings. The highest BCUT2D eigenvalue weighted by molar-refractivity contribution is 8.00. The molecule has 1 rings (SSSR count). The van der Waals surface area contributed by atoms with Gasteiger partial charge in [0.2, 0.25) is 0 Å². The molecular weight excluding hydrogens is 204 g/mol. The van der Waals surface area contributed by atoms with Gasteiger partial charge in [-0.25, -0.2) is 0 Å². The van der Waals surface area contributed by atoms with Crippen LogP contribution >= 0.6 is 11.8 Å². The van der Waals surface area contributed by atoms with E-state index < -0.39 is 0 Å². The van der Waals surface area contributed by atoms with Crippen molar-refractivity contribution in [2.75, 3.05) is 6.61 Å². The number of aliphatic hydroxyl groups excluding tert-OH is 1.